The van der Waals surface area contributed by atoms with Gasteiger partial charge < -0.3 is 10.1 Å². The fourth-order valence-corrected chi connectivity index (χ4v) is 1.82. The maximum absolute atomic E-state index is 11.5. The fraction of sp³-hybridized carbons (Fsp3) is 0.600. The van der Waals surface area contributed by atoms with E-state index in [-0.39, 0.29) is 18.6 Å². The zero-order valence-corrected chi connectivity index (χ0v) is 9.61. The van der Waals surface area contributed by atoms with Gasteiger partial charge in [-0.1, -0.05) is 11.6 Å². The highest BCUT2D eigenvalue weighted by Gasteiger charge is 2.16. The van der Waals surface area contributed by atoms with E-state index in [0.717, 1.165) is 19.4 Å². The minimum Gasteiger partial charge on any atom is -0.376 e. The minimum atomic E-state index is -0.0738. The molecule has 1 aromatic heterocycles. The second-order valence-corrected chi connectivity index (χ2v) is 4.23. The number of carbonyl (C=O) groups excluding carboxylic acids is 1. The summed E-state index contributed by atoms with van der Waals surface area (Å²) in [7, 11) is 0. The first-order valence-corrected chi connectivity index (χ1v) is 5.68. The molecular formula is C10H14ClN3O2. The number of halogens is 1. The molecule has 1 aliphatic heterocycles. The second-order valence-electron chi connectivity index (χ2n) is 3.80. The second kappa shape index (κ2) is 5.32. The third-order valence-corrected chi connectivity index (χ3v) is 2.65. The van der Waals surface area contributed by atoms with Crippen LogP contribution in [0.3, 0.4) is 0 Å². The Labute approximate surface area is 98.7 Å². The van der Waals surface area contributed by atoms with Crippen LogP contribution in [-0.4, -0.2) is 34.9 Å². The van der Waals surface area contributed by atoms with Crippen molar-refractivity contribution < 1.29 is 9.53 Å². The summed E-state index contributed by atoms with van der Waals surface area (Å²) in [5, 5.41) is 7.28. The summed E-state index contributed by atoms with van der Waals surface area (Å²) >= 11 is 5.69. The lowest BCUT2D eigenvalue weighted by atomic mass is 10.2. The number of hydrogen-bond acceptors (Lipinski definition) is 3. The topological polar surface area (TPSA) is 56.2 Å². The molecular weight excluding hydrogens is 230 g/mol. The summed E-state index contributed by atoms with van der Waals surface area (Å²) in [6, 6.07) is 0. The quantitative estimate of drug-likeness (QED) is 0.852. The van der Waals surface area contributed by atoms with Crippen molar-refractivity contribution in [1.29, 1.82) is 0 Å². The van der Waals surface area contributed by atoms with E-state index in [1.807, 2.05) is 0 Å². The highest BCUT2D eigenvalue weighted by atomic mass is 35.5. The first-order chi connectivity index (χ1) is 7.74. The Hall–Kier alpha value is -1.07. The molecule has 1 fully saturated rings. The Kier molecular flexibility index (Phi) is 3.79. The standard InChI is InChI=1S/C10H14ClN3O2/c11-8-4-13-14(6-8)7-10(15)12-5-9-2-1-3-16-9/h4,6,9H,1-3,5,7H2,(H,12,15). The Morgan fingerprint density at radius 2 is 2.62 bits per heavy atom. The molecule has 6 heteroatoms. The van der Waals surface area contributed by atoms with E-state index in [9.17, 15) is 4.79 Å². The lowest BCUT2D eigenvalue weighted by Crippen LogP contribution is -2.34. The molecule has 0 aromatic carbocycles. The molecule has 2 heterocycles. The number of aromatic nitrogens is 2. The number of hydrogen-bond donors (Lipinski definition) is 1. The van der Waals surface area contributed by atoms with Crippen LogP contribution in [0.5, 0.6) is 0 Å². The maximum atomic E-state index is 11.5. The lowest BCUT2D eigenvalue weighted by Gasteiger charge is -2.10. The van der Waals surface area contributed by atoms with Crippen molar-refractivity contribution in [3.8, 4) is 0 Å². The number of amides is 1. The number of carbonyl (C=O) groups is 1. The molecule has 1 amide bonds. The van der Waals surface area contributed by atoms with Crippen LogP contribution < -0.4 is 5.32 Å². The Bertz CT molecular complexity index is 361. The van der Waals surface area contributed by atoms with E-state index in [2.05, 4.69) is 10.4 Å². The van der Waals surface area contributed by atoms with Gasteiger partial charge in [-0.2, -0.15) is 5.10 Å². The zero-order chi connectivity index (χ0) is 11.4. The first-order valence-electron chi connectivity index (χ1n) is 5.30. The third-order valence-electron chi connectivity index (χ3n) is 2.46. The first kappa shape index (κ1) is 11.4. The minimum absolute atomic E-state index is 0.0738. The van der Waals surface area contributed by atoms with Crippen LogP contribution in [-0.2, 0) is 16.1 Å². The Morgan fingerprint density at radius 1 is 1.75 bits per heavy atom. The van der Waals surface area contributed by atoms with Crippen LogP contribution >= 0.6 is 11.6 Å². The largest absolute Gasteiger partial charge is 0.376 e. The van der Waals surface area contributed by atoms with Gasteiger partial charge in [0.15, 0.2) is 0 Å². The smallest absolute Gasteiger partial charge is 0.241 e. The van der Waals surface area contributed by atoms with E-state index in [4.69, 9.17) is 16.3 Å². The van der Waals surface area contributed by atoms with Crippen molar-refractivity contribution in [3.05, 3.63) is 17.4 Å². The Balaban J connectivity index is 1.71. The van der Waals surface area contributed by atoms with Gasteiger partial charge >= 0.3 is 0 Å². The van der Waals surface area contributed by atoms with Crippen molar-refractivity contribution in [2.75, 3.05) is 13.2 Å². The number of nitrogens with zero attached hydrogens (tertiary/aromatic N) is 2. The predicted molar refractivity (Wildman–Crippen MR) is 59.2 cm³/mol. The van der Waals surface area contributed by atoms with Gasteiger partial charge in [0.1, 0.15) is 6.54 Å². The van der Waals surface area contributed by atoms with Crippen LogP contribution in [0.2, 0.25) is 5.02 Å². The fourth-order valence-electron chi connectivity index (χ4n) is 1.66. The maximum Gasteiger partial charge on any atom is 0.241 e. The molecule has 5 nitrogen and oxygen atoms in total. The molecule has 1 aliphatic rings. The molecule has 1 atom stereocenters. The molecule has 0 spiro atoms. The summed E-state index contributed by atoms with van der Waals surface area (Å²) < 4.78 is 6.91. The van der Waals surface area contributed by atoms with Gasteiger partial charge in [0, 0.05) is 19.3 Å². The van der Waals surface area contributed by atoms with Gasteiger partial charge in [-0.05, 0) is 12.8 Å². The summed E-state index contributed by atoms with van der Waals surface area (Å²) in [4.78, 5) is 11.5. The van der Waals surface area contributed by atoms with Crippen molar-refractivity contribution in [1.82, 2.24) is 15.1 Å². The molecule has 0 saturated carbocycles. The number of rotatable bonds is 4. The van der Waals surface area contributed by atoms with Gasteiger partial charge in [0.2, 0.25) is 5.91 Å². The van der Waals surface area contributed by atoms with Gasteiger partial charge in [0.05, 0.1) is 17.3 Å². The van der Waals surface area contributed by atoms with Crippen molar-refractivity contribution in [3.63, 3.8) is 0 Å². The van der Waals surface area contributed by atoms with Crippen molar-refractivity contribution in [2.24, 2.45) is 0 Å². The molecule has 0 bridgehead atoms. The Morgan fingerprint density at radius 3 is 3.25 bits per heavy atom. The normalized spacial score (nSPS) is 19.9. The third kappa shape index (κ3) is 3.21. The summed E-state index contributed by atoms with van der Waals surface area (Å²) in [6.07, 6.45) is 5.40. The molecule has 0 aliphatic carbocycles. The number of nitrogens with one attached hydrogen (secondary N) is 1. The molecule has 2 rings (SSSR count). The van der Waals surface area contributed by atoms with Crippen LogP contribution in [0.15, 0.2) is 12.4 Å². The summed E-state index contributed by atoms with van der Waals surface area (Å²) in [5.74, 6) is -0.0738. The molecule has 1 N–H and O–H groups in total. The van der Waals surface area contributed by atoms with E-state index in [1.165, 1.54) is 10.9 Å². The molecule has 1 aromatic rings. The lowest BCUT2D eigenvalue weighted by molar-refractivity contribution is -0.122. The molecule has 1 saturated heterocycles. The average molecular weight is 244 g/mol. The van der Waals surface area contributed by atoms with Gasteiger partial charge in [-0.3, -0.25) is 9.48 Å². The highest BCUT2D eigenvalue weighted by Crippen LogP contribution is 2.10. The van der Waals surface area contributed by atoms with Crippen LogP contribution in [0.1, 0.15) is 12.8 Å². The monoisotopic (exact) mass is 243 g/mol. The zero-order valence-electron chi connectivity index (χ0n) is 8.86. The summed E-state index contributed by atoms with van der Waals surface area (Å²) in [5.41, 5.74) is 0. The van der Waals surface area contributed by atoms with Gasteiger partial charge in [-0.25, -0.2) is 0 Å². The molecule has 0 radical (unpaired) electrons. The van der Waals surface area contributed by atoms with Crippen molar-refractivity contribution >= 4 is 17.5 Å². The van der Waals surface area contributed by atoms with E-state index >= 15 is 0 Å². The molecule has 1 unspecified atom stereocenters. The molecule has 88 valence electrons. The van der Waals surface area contributed by atoms with Crippen molar-refractivity contribution in [2.45, 2.75) is 25.5 Å². The van der Waals surface area contributed by atoms with Gasteiger partial charge in [-0.15, -0.1) is 0 Å². The van der Waals surface area contributed by atoms with E-state index in [0.29, 0.717) is 11.6 Å². The van der Waals surface area contributed by atoms with Crippen LogP contribution in [0, 0.1) is 0 Å². The molecule has 16 heavy (non-hydrogen) atoms. The SMILES string of the molecule is O=C(Cn1cc(Cl)cn1)NCC1CCCO1. The highest BCUT2D eigenvalue weighted by molar-refractivity contribution is 6.30. The average Bonchev–Trinajstić information content (AvgIpc) is 2.87. The van der Waals surface area contributed by atoms with Crippen LogP contribution in [0.25, 0.3) is 0 Å². The van der Waals surface area contributed by atoms with Crippen LogP contribution in [0.4, 0.5) is 0 Å². The van der Waals surface area contributed by atoms with E-state index < -0.39 is 0 Å². The predicted octanol–water partition coefficient (Wildman–Crippen LogP) is 0.832. The number of ether oxygens (including phenoxy) is 1. The van der Waals surface area contributed by atoms with E-state index in [1.54, 1.807) is 6.20 Å². The van der Waals surface area contributed by atoms with Gasteiger partial charge in [0.25, 0.3) is 0 Å². The summed E-state index contributed by atoms with van der Waals surface area (Å²) in [6.45, 7) is 1.57.